The number of nitrogens with zero attached hydrogens (tertiary/aromatic N) is 3. The third-order valence-corrected chi connectivity index (χ3v) is 3.69. The van der Waals surface area contributed by atoms with Gasteiger partial charge in [0.15, 0.2) is 12.4 Å². The molecular weight excluding hydrogens is 322 g/mol. The summed E-state index contributed by atoms with van der Waals surface area (Å²) in [4.78, 5) is 10.7. The Hall–Kier alpha value is -3.22. The highest BCUT2D eigenvalue weighted by Gasteiger charge is 2.17. The SMILES string of the molecule is CCc1ccc(OCc2nnc(Cc3ccccc3)o2)c([N+](=O)[O-])c1. The lowest BCUT2D eigenvalue weighted by Gasteiger charge is -2.05. The van der Waals surface area contributed by atoms with E-state index in [1.807, 2.05) is 37.3 Å². The second kappa shape index (κ2) is 7.57. The van der Waals surface area contributed by atoms with Gasteiger partial charge in [-0.15, -0.1) is 10.2 Å². The van der Waals surface area contributed by atoms with E-state index in [1.165, 1.54) is 6.07 Å². The van der Waals surface area contributed by atoms with Crippen LogP contribution in [0.4, 0.5) is 5.69 Å². The van der Waals surface area contributed by atoms with E-state index in [0.717, 1.165) is 11.1 Å². The minimum atomic E-state index is -0.455. The van der Waals surface area contributed by atoms with Gasteiger partial charge in [0.25, 0.3) is 5.89 Å². The molecule has 0 atom stereocenters. The molecule has 0 aliphatic rings. The molecule has 0 radical (unpaired) electrons. The van der Waals surface area contributed by atoms with E-state index >= 15 is 0 Å². The molecule has 0 unspecified atom stereocenters. The summed E-state index contributed by atoms with van der Waals surface area (Å²) in [6, 6.07) is 14.7. The van der Waals surface area contributed by atoms with Crippen molar-refractivity contribution in [1.29, 1.82) is 0 Å². The third-order valence-electron chi connectivity index (χ3n) is 3.69. The van der Waals surface area contributed by atoms with Crippen molar-refractivity contribution >= 4 is 5.69 Å². The number of aryl methyl sites for hydroxylation is 1. The number of nitro groups is 1. The lowest BCUT2D eigenvalue weighted by atomic mass is 10.1. The van der Waals surface area contributed by atoms with Gasteiger partial charge in [0.1, 0.15) is 0 Å². The maximum Gasteiger partial charge on any atom is 0.311 e. The minimum absolute atomic E-state index is 0.0197. The molecule has 25 heavy (non-hydrogen) atoms. The summed E-state index contributed by atoms with van der Waals surface area (Å²) in [6.07, 6.45) is 1.24. The second-order valence-electron chi connectivity index (χ2n) is 5.45. The first-order chi connectivity index (χ1) is 12.2. The molecule has 0 N–H and O–H groups in total. The van der Waals surface area contributed by atoms with Crippen LogP contribution in [0.25, 0.3) is 0 Å². The van der Waals surface area contributed by atoms with Gasteiger partial charge in [-0.3, -0.25) is 10.1 Å². The number of rotatable bonds is 7. The normalized spacial score (nSPS) is 10.6. The fraction of sp³-hybridized carbons (Fsp3) is 0.222. The van der Waals surface area contributed by atoms with E-state index < -0.39 is 4.92 Å². The van der Waals surface area contributed by atoms with Crippen LogP contribution in [0, 0.1) is 10.1 Å². The largest absolute Gasteiger partial charge is 0.477 e. The molecule has 0 aliphatic carbocycles. The van der Waals surface area contributed by atoms with Gasteiger partial charge in [-0.2, -0.15) is 0 Å². The van der Waals surface area contributed by atoms with Gasteiger partial charge in [0.2, 0.25) is 5.89 Å². The quantitative estimate of drug-likeness (QED) is 0.481. The molecule has 0 aliphatic heterocycles. The average molecular weight is 339 g/mol. The van der Waals surface area contributed by atoms with E-state index in [1.54, 1.807) is 12.1 Å². The molecule has 3 rings (SSSR count). The molecule has 0 fully saturated rings. The molecule has 0 spiro atoms. The second-order valence-corrected chi connectivity index (χ2v) is 5.45. The van der Waals surface area contributed by atoms with Crippen LogP contribution in [0.15, 0.2) is 52.9 Å². The van der Waals surface area contributed by atoms with Crippen molar-refractivity contribution in [3.05, 3.63) is 81.6 Å². The van der Waals surface area contributed by atoms with Crippen LogP contribution in [0.5, 0.6) is 5.75 Å². The third kappa shape index (κ3) is 4.20. The van der Waals surface area contributed by atoms with Crippen molar-refractivity contribution in [3.63, 3.8) is 0 Å². The summed E-state index contributed by atoms with van der Waals surface area (Å²) >= 11 is 0. The number of aromatic nitrogens is 2. The highest BCUT2D eigenvalue weighted by Crippen LogP contribution is 2.28. The molecule has 0 amide bonds. The Labute approximate surface area is 144 Å². The van der Waals surface area contributed by atoms with Crippen molar-refractivity contribution in [2.45, 2.75) is 26.4 Å². The lowest BCUT2D eigenvalue weighted by molar-refractivity contribution is -0.386. The Morgan fingerprint density at radius 3 is 2.56 bits per heavy atom. The zero-order chi connectivity index (χ0) is 17.6. The van der Waals surface area contributed by atoms with Crippen molar-refractivity contribution < 1.29 is 14.1 Å². The fourth-order valence-corrected chi connectivity index (χ4v) is 2.38. The maximum atomic E-state index is 11.2. The summed E-state index contributed by atoms with van der Waals surface area (Å²) in [7, 11) is 0. The molecule has 0 saturated carbocycles. The van der Waals surface area contributed by atoms with Crippen LogP contribution in [0.2, 0.25) is 0 Å². The van der Waals surface area contributed by atoms with Crippen molar-refractivity contribution in [2.75, 3.05) is 0 Å². The summed E-state index contributed by atoms with van der Waals surface area (Å²) < 4.78 is 11.0. The van der Waals surface area contributed by atoms with Crippen LogP contribution in [-0.4, -0.2) is 15.1 Å². The molecule has 1 heterocycles. The van der Waals surface area contributed by atoms with Gasteiger partial charge in [0, 0.05) is 6.07 Å². The Morgan fingerprint density at radius 2 is 1.84 bits per heavy atom. The summed E-state index contributed by atoms with van der Waals surface area (Å²) in [5, 5.41) is 19.1. The summed E-state index contributed by atoms with van der Waals surface area (Å²) in [6.45, 7) is 1.92. The van der Waals surface area contributed by atoms with Crippen molar-refractivity contribution in [2.24, 2.45) is 0 Å². The minimum Gasteiger partial charge on any atom is -0.477 e. The number of hydrogen-bond acceptors (Lipinski definition) is 6. The maximum absolute atomic E-state index is 11.2. The van der Waals surface area contributed by atoms with Crippen LogP contribution < -0.4 is 4.74 Å². The van der Waals surface area contributed by atoms with Gasteiger partial charge in [-0.1, -0.05) is 43.3 Å². The van der Waals surface area contributed by atoms with E-state index in [4.69, 9.17) is 9.15 Å². The molecule has 0 bridgehead atoms. The number of nitro benzene ring substituents is 1. The molecule has 1 aromatic heterocycles. The number of hydrogen-bond donors (Lipinski definition) is 0. The van der Waals surface area contributed by atoms with Gasteiger partial charge in [-0.05, 0) is 23.6 Å². The lowest BCUT2D eigenvalue weighted by Crippen LogP contribution is -2.00. The Kier molecular flexibility index (Phi) is 5.03. The highest BCUT2D eigenvalue weighted by atomic mass is 16.6. The van der Waals surface area contributed by atoms with Gasteiger partial charge < -0.3 is 9.15 Å². The van der Waals surface area contributed by atoms with E-state index in [2.05, 4.69) is 10.2 Å². The van der Waals surface area contributed by atoms with Gasteiger partial charge in [0.05, 0.1) is 11.3 Å². The molecule has 2 aromatic carbocycles. The molecule has 128 valence electrons. The Balaban J connectivity index is 1.67. The standard InChI is InChI=1S/C18H17N3O4/c1-2-13-8-9-16(15(10-13)21(22)23)24-12-18-20-19-17(25-18)11-14-6-4-3-5-7-14/h3-10H,2,11-12H2,1H3. The zero-order valence-electron chi connectivity index (χ0n) is 13.7. The topological polar surface area (TPSA) is 91.3 Å². The Bertz CT molecular complexity index is 862. The smallest absolute Gasteiger partial charge is 0.311 e. The van der Waals surface area contributed by atoms with Crippen LogP contribution in [-0.2, 0) is 19.4 Å². The first-order valence-corrected chi connectivity index (χ1v) is 7.91. The van der Waals surface area contributed by atoms with Gasteiger partial charge >= 0.3 is 5.69 Å². The van der Waals surface area contributed by atoms with Crippen LogP contribution in [0.3, 0.4) is 0 Å². The van der Waals surface area contributed by atoms with E-state index in [9.17, 15) is 10.1 Å². The first-order valence-electron chi connectivity index (χ1n) is 7.91. The number of ether oxygens (including phenoxy) is 1. The predicted octanol–water partition coefficient (Wildman–Crippen LogP) is 3.71. The van der Waals surface area contributed by atoms with Crippen LogP contribution in [0.1, 0.15) is 29.8 Å². The van der Waals surface area contributed by atoms with Crippen molar-refractivity contribution in [3.8, 4) is 5.75 Å². The Morgan fingerprint density at radius 1 is 1.08 bits per heavy atom. The molecule has 0 saturated heterocycles. The van der Waals surface area contributed by atoms with Gasteiger partial charge in [-0.25, -0.2) is 0 Å². The van der Waals surface area contributed by atoms with Crippen LogP contribution >= 0.6 is 0 Å². The molecule has 3 aromatic rings. The van der Waals surface area contributed by atoms with E-state index in [-0.39, 0.29) is 23.9 Å². The molecular formula is C18H17N3O4. The summed E-state index contributed by atoms with van der Waals surface area (Å²) in [5.74, 6) is 0.936. The number of benzene rings is 2. The average Bonchev–Trinajstić information content (AvgIpc) is 3.08. The zero-order valence-corrected chi connectivity index (χ0v) is 13.7. The summed E-state index contributed by atoms with van der Waals surface area (Å²) in [5.41, 5.74) is 1.87. The van der Waals surface area contributed by atoms with E-state index in [0.29, 0.717) is 18.7 Å². The van der Waals surface area contributed by atoms with Crippen molar-refractivity contribution in [1.82, 2.24) is 10.2 Å². The monoisotopic (exact) mass is 339 g/mol. The molecule has 7 heteroatoms. The first kappa shape index (κ1) is 16.6. The predicted molar refractivity (Wildman–Crippen MR) is 90.4 cm³/mol. The molecule has 7 nitrogen and oxygen atoms in total. The highest BCUT2D eigenvalue weighted by molar-refractivity contribution is 5.48. The fourth-order valence-electron chi connectivity index (χ4n) is 2.38.